The fraction of sp³-hybridized carbons (Fsp3) is 0. The molecule has 0 heterocycles. The van der Waals surface area contributed by atoms with E-state index >= 15 is 0 Å². The molecule has 0 aliphatic heterocycles. The smallest absolute Gasteiger partial charge is 0.343 e. The van der Waals surface area contributed by atoms with Crippen LogP contribution in [0.3, 0.4) is 0 Å². The van der Waals surface area contributed by atoms with Crippen LogP contribution in [-0.4, -0.2) is 11.9 Å². The lowest BCUT2D eigenvalue weighted by molar-refractivity contribution is 0.0734. The van der Waals surface area contributed by atoms with Crippen LogP contribution in [-0.2, 0) is 0 Å². The molecule has 6 heteroatoms. The zero-order valence-electron chi connectivity index (χ0n) is 13.8. The van der Waals surface area contributed by atoms with Crippen LogP contribution in [0.1, 0.15) is 20.7 Å². The molecule has 130 valence electrons. The summed E-state index contributed by atoms with van der Waals surface area (Å²) in [6.45, 7) is 0. The molecule has 0 radical (unpaired) electrons. The highest BCUT2D eigenvalue weighted by molar-refractivity contribution is 6.04. The van der Waals surface area contributed by atoms with E-state index in [0.29, 0.717) is 33.9 Å². The number of hydrogen-bond acceptors (Lipinski definition) is 5. The normalized spacial score (nSPS) is 10.2. The van der Waals surface area contributed by atoms with Crippen molar-refractivity contribution in [2.75, 3.05) is 16.8 Å². The number of nitrogens with one attached hydrogen (secondary N) is 1. The third-order valence-corrected chi connectivity index (χ3v) is 3.64. The molecule has 0 aliphatic carbocycles. The number of carbonyl (C=O) groups excluding carboxylic acids is 2. The number of ether oxygens (including phenoxy) is 1. The van der Waals surface area contributed by atoms with Gasteiger partial charge in [0.25, 0.3) is 5.91 Å². The zero-order chi connectivity index (χ0) is 18.5. The fourth-order valence-electron chi connectivity index (χ4n) is 2.23. The number of nitrogens with two attached hydrogens (primary N) is 2. The number of nitrogen functional groups attached to an aromatic ring is 2. The molecule has 0 saturated carbocycles. The van der Waals surface area contributed by atoms with Crippen molar-refractivity contribution in [3.63, 3.8) is 0 Å². The summed E-state index contributed by atoms with van der Waals surface area (Å²) in [4.78, 5) is 24.2. The van der Waals surface area contributed by atoms with Gasteiger partial charge in [-0.1, -0.05) is 0 Å². The Balaban J connectivity index is 1.62. The second kappa shape index (κ2) is 7.40. The molecule has 0 spiro atoms. The van der Waals surface area contributed by atoms with Crippen molar-refractivity contribution < 1.29 is 14.3 Å². The van der Waals surface area contributed by atoms with E-state index in [-0.39, 0.29) is 5.91 Å². The van der Waals surface area contributed by atoms with Gasteiger partial charge in [-0.2, -0.15) is 0 Å². The summed E-state index contributed by atoms with van der Waals surface area (Å²) in [6.07, 6.45) is 0. The molecule has 0 aromatic heterocycles. The molecule has 3 aromatic carbocycles. The summed E-state index contributed by atoms with van der Waals surface area (Å²) in [5, 5.41) is 2.76. The molecule has 0 bridgehead atoms. The number of carbonyl (C=O) groups is 2. The first-order valence-corrected chi connectivity index (χ1v) is 7.86. The number of benzene rings is 3. The third-order valence-electron chi connectivity index (χ3n) is 3.64. The van der Waals surface area contributed by atoms with E-state index in [1.54, 1.807) is 72.8 Å². The summed E-state index contributed by atoms with van der Waals surface area (Å²) in [7, 11) is 0. The molecule has 3 aromatic rings. The van der Waals surface area contributed by atoms with Crippen molar-refractivity contribution >= 4 is 28.9 Å². The maximum atomic E-state index is 12.2. The molecule has 3 rings (SSSR count). The molecule has 5 N–H and O–H groups in total. The van der Waals surface area contributed by atoms with Gasteiger partial charge in [0.1, 0.15) is 5.75 Å². The Kier molecular flexibility index (Phi) is 4.85. The van der Waals surface area contributed by atoms with E-state index in [1.165, 1.54) is 0 Å². The van der Waals surface area contributed by atoms with Crippen LogP contribution in [0.2, 0.25) is 0 Å². The average molecular weight is 347 g/mol. The monoisotopic (exact) mass is 347 g/mol. The lowest BCUT2D eigenvalue weighted by Gasteiger charge is -2.08. The molecule has 0 atom stereocenters. The van der Waals surface area contributed by atoms with Gasteiger partial charge in [-0.25, -0.2) is 4.79 Å². The lowest BCUT2D eigenvalue weighted by atomic mass is 10.2. The van der Waals surface area contributed by atoms with Gasteiger partial charge in [0.2, 0.25) is 0 Å². The van der Waals surface area contributed by atoms with E-state index in [2.05, 4.69) is 5.32 Å². The first-order valence-electron chi connectivity index (χ1n) is 7.86. The van der Waals surface area contributed by atoms with Crippen molar-refractivity contribution in [2.24, 2.45) is 0 Å². The number of esters is 1. The molecular formula is C20H17N3O3. The van der Waals surface area contributed by atoms with E-state index < -0.39 is 5.97 Å². The van der Waals surface area contributed by atoms with Crippen LogP contribution in [0, 0.1) is 0 Å². The van der Waals surface area contributed by atoms with Gasteiger partial charge in [0, 0.05) is 22.6 Å². The Bertz CT molecular complexity index is 840. The Hall–Kier alpha value is -3.80. The predicted molar refractivity (Wildman–Crippen MR) is 101 cm³/mol. The minimum Gasteiger partial charge on any atom is -0.423 e. The van der Waals surface area contributed by atoms with E-state index in [9.17, 15) is 9.59 Å². The average Bonchev–Trinajstić information content (AvgIpc) is 2.64. The molecular weight excluding hydrogens is 330 g/mol. The highest BCUT2D eigenvalue weighted by atomic mass is 16.5. The minimum atomic E-state index is -0.483. The third kappa shape index (κ3) is 4.18. The summed E-state index contributed by atoms with van der Waals surface area (Å²) < 4.78 is 5.29. The van der Waals surface area contributed by atoms with Crippen LogP contribution >= 0.6 is 0 Å². The molecule has 0 fully saturated rings. The molecule has 6 nitrogen and oxygen atoms in total. The molecule has 26 heavy (non-hydrogen) atoms. The summed E-state index contributed by atoms with van der Waals surface area (Å²) in [6, 6.07) is 19.6. The van der Waals surface area contributed by atoms with Gasteiger partial charge in [-0.05, 0) is 72.8 Å². The van der Waals surface area contributed by atoms with Gasteiger partial charge < -0.3 is 21.5 Å². The SMILES string of the molecule is Nc1ccc(C(=O)Nc2ccc(OC(=O)c3ccc(N)cc3)cc2)cc1. The Morgan fingerprint density at radius 3 is 1.73 bits per heavy atom. The van der Waals surface area contributed by atoms with Crippen LogP contribution in [0.15, 0.2) is 72.8 Å². The van der Waals surface area contributed by atoms with Crippen molar-refractivity contribution in [2.45, 2.75) is 0 Å². The quantitative estimate of drug-likeness (QED) is 0.381. The van der Waals surface area contributed by atoms with Gasteiger partial charge >= 0.3 is 5.97 Å². The van der Waals surface area contributed by atoms with Crippen molar-refractivity contribution in [3.8, 4) is 5.75 Å². The maximum Gasteiger partial charge on any atom is 0.343 e. The molecule has 0 unspecified atom stereocenters. The fourth-order valence-corrected chi connectivity index (χ4v) is 2.23. The highest BCUT2D eigenvalue weighted by Crippen LogP contribution is 2.18. The Morgan fingerprint density at radius 1 is 0.692 bits per heavy atom. The predicted octanol–water partition coefficient (Wildman–Crippen LogP) is 3.32. The summed E-state index contributed by atoms with van der Waals surface area (Å²) in [5.41, 5.74) is 13.8. The molecule has 0 saturated heterocycles. The standard InChI is InChI=1S/C20H17N3O3/c21-15-5-1-13(2-6-15)19(24)23-17-9-11-18(12-10-17)26-20(25)14-3-7-16(22)8-4-14/h1-12H,21-22H2,(H,23,24). The van der Waals surface area contributed by atoms with Crippen LogP contribution in [0.4, 0.5) is 17.1 Å². The number of hydrogen-bond donors (Lipinski definition) is 3. The maximum absolute atomic E-state index is 12.2. The van der Waals surface area contributed by atoms with Crippen molar-refractivity contribution in [3.05, 3.63) is 83.9 Å². The second-order valence-corrected chi connectivity index (χ2v) is 5.61. The zero-order valence-corrected chi connectivity index (χ0v) is 13.8. The Labute approximate surface area is 150 Å². The van der Waals surface area contributed by atoms with E-state index in [1.807, 2.05) is 0 Å². The first kappa shape index (κ1) is 17.0. The van der Waals surface area contributed by atoms with Crippen LogP contribution < -0.4 is 21.5 Å². The molecule has 0 aliphatic rings. The number of rotatable bonds is 4. The lowest BCUT2D eigenvalue weighted by Crippen LogP contribution is -2.12. The summed E-state index contributed by atoms with van der Waals surface area (Å²) in [5.74, 6) is -0.363. The Morgan fingerprint density at radius 2 is 1.19 bits per heavy atom. The number of anilines is 3. The van der Waals surface area contributed by atoms with E-state index in [4.69, 9.17) is 16.2 Å². The van der Waals surface area contributed by atoms with Gasteiger partial charge in [-0.3, -0.25) is 4.79 Å². The van der Waals surface area contributed by atoms with Crippen LogP contribution in [0.5, 0.6) is 5.75 Å². The van der Waals surface area contributed by atoms with Crippen molar-refractivity contribution in [1.29, 1.82) is 0 Å². The van der Waals surface area contributed by atoms with Crippen molar-refractivity contribution in [1.82, 2.24) is 0 Å². The highest BCUT2D eigenvalue weighted by Gasteiger charge is 2.09. The minimum absolute atomic E-state index is 0.253. The largest absolute Gasteiger partial charge is 0.423 e. The van der Waals surface area contributed by atoms with Crippen LogP contribution in [0.25, 0.3) is 0 Å². The topological polar surface area (TPSA) is 107 Å². The number of amides is 1. The summed E-state index contributed by atoms with van der Waals surface area (Å²) >= 11 is 0. The van der Waals surface area contributed by atoms with E-state index in [0.717, 1.165) is 0 Å². The molecule has 1 amide bonds. The van der Waals surface area contributed by atoms with Gasteiger partial charge in [0.15, 0.2) is 0 Å². The second-order valence-electron chi connectivity index (χ2n) is 5.61. The van der Waals surface area contributed by atoms with Gasteiger partial charge in [-0.15, -0.1) is 0 Å². The van der Waals surface area contributed by atoms with Gasteiger partial charge in [0.05, 0.1) is 5.56 Å². The first-order chi connectivity index (χ1) is 12.5.